The van der Waals surface area contributed by atoms with Crippen LogP contribution in [0.25, 0.3) is 0 Å². The standard InChI is InChI=1S/C6H10Br2/c1-5(2)6(3,8)4-7/h1,4H2,2-3H3. The Bertz CT molecular complexity index is 94.7. The van der Waals surface area contributed by atoms with Gasteiger partial charge in [0.25, 0.3) is 0 Å². The van der Waals surface area contributed by atoms with E-state index in [1.807, 2.05) is 6.92 Å². The zero-order valence-electron chi connectivity index (χ0n) is 5.17. The zero-order chi connectivity index (χ0) is 6.78. The summed E-state index contributed by atoms with van der Waals surface area (Å²) in [6, 6.07) is 0. The predicted molar refractivity (Wildman–Crippen MR) is 45.9 cm³/mol. The lowest BCUT2D eigenvalue weighted by Gasteiger charge is -2.18. The van der Waals surface area contributed by atoms with Crippen LogP contribution in [0.5, 0.6) is 0 Å². The van der Waals surface area contributed by atoms with Crippen molar-refractivity contribution >= 4 is 31.9 Å². The molecule has 1 unspecified atom stereocenters. The van der Waals surface area contributed by atoms with Crippen LogP contribution in [0.2, 0.25) is 0 Å². The molecule has 1 atom stereocenters. The highest BCUT2D eigenvalue weighted by atomic mass is 79.9. The van der Waals surface area contributed by atoms with Crippen molar-refractivity contribution in [2.75, 3.05) is 5.33 Å². The molecule has 0 aromatic heterocycles. The lowest BCUT2D eigenvalue weighted by molar-refractivity contribution is 0.877. The van der Waals surface area contributed by atoms with Crippen LogP contribution >= 0.6 is 31.9 Å². The SMILES string of the molecule is C=C(C)C(C)(Br)CBr. The molecule has 48 valence electrons. The highest BCUT2D eigenvalue weighted by Gasteiger charge is 2.18. The summed E-state index contributed by atoms with van der Waals surface area (Å²) in [5.41, 5.74) is 1.15. The van der Waals surface area contributed by atoms with Crippen LogP contribution < -0.4 is 0 Å². The summed E-state index contributed by atoms with van der Waals surface area (Å²) in [5, 5.41) is 0.912. The third-order valence-corrected chi connectivity index (χ3v) is 3.97. The molecular formula is C6H10Br2. The van der Waals surface area contributed by atoms with Gasteiger partial charge in [-0.05, 0) is 13.8 Å². The van der Waals surface area contributed by atoms with Crippen molar-refractivity contribution in [3.8, 4) is 0 Å². The molecule has 0 nitrogen and oxygen atoms in total. The summed E-state index contributed by atoms with van der Waals surface area (Å²) < 4.78 is 0.0764. The van der Waals surface area contributed by atoms with E-state index in [4.69, 9.17) is 0 Å². The van der Waals surface area contributed by atoms with Gasteiger partial charge in [-0.3, -0.25) is 0 Å². The molecule has 0 saturated heterocycles. The van der Waals surface area contributed by atoms with Crippen LogP contribution in [0.15, 0.2) is 12.2 Å². The first-order chi connectivity index (χ1) is 3.50. The van der Waals surface area contributed by atoms with Crippen LogP contribution in [0.4, 0.5) is 0 Å². The van der Waals surface area contributed by atoms with Gasteiger partial charge in [0.2, 0.25) is 0 Å². The molecule has 0 amide bonds. The molecule has 0 aliphatic heterocycles. The summed E-state index contributed by atoms with van der Waals surface area (Å²) in [7, 11) is 0. The van der Waals surface area contributed by atoms with Crippen molar-refractivity contribution < 1.29 is 0 Å². The minimum atomic E-state index is 0.0764. The van der Waals surface area contributed by atoms with Crippen molar-refractivity contribution in [2.24, 2.45) is 0 Å². The Kier molecular flexibility index (Phi) is 3.28. The first-order valence-electron chi connectivity index (χ1n) is 2.41. The highest BCUT2D eigenvalue weighted by molar-refractivity contribution is 9.12. The van der Waals surface area contributed by atoms with Gasteiger partial charge >= 0.3 is 0 Å². The zero-order valence-corrected chi connectivity index (χ0v) is 8.34. The van der Waals surface area contributed by atoms with E-state index in [1.165, 1.54) is 0 Å². The number of alkyl halides is 2. The maximum atomic E-state index is 3.82. The van der Waals surface area contributed by atoms with Crippen molar-refractivity contribution in [3.05, 3.63) is 12.2 Å². The molecule has 0 saturated carbocycles. The normalized spacial score (nSPS) is 17.5. The molecule has 0 fully saturated rings. The van der Waals surface area contributed by atoms with E-state index in [0.29, 0.717) is 0 Å². The molecule has 0 heterocycles. The minimum Gasteiger partial charge on any atom is -0.0987 e. The van der Waals surface area contributed by atoms with E-state index < -0.39 is 0 Å². The van der Waals surface area contributed by atoms with Gasteiger partial charge in [-0.25, -0.2) is 0 Å². The van der Waals surface area contributed by atoms with Crippen LogP contribution in [-0.2, 0) is 0 Å². The number of rotatable bonds is 2. The first kappa shape index (κ1) is 8.70. The van der Waals surface area contributed by atoms with Crippen LogP contribution in [0, 0.1) is 0 Å². The van der Waals surface area contributed by atoms with Gasteiger partial charge in [0.15, 0.2) is 0 Å². The molecule has 0 aromatic rings. The van der Waals surface area contributed by atoms with E-state index in [-0.39, 0.29) is 4.32 Å². The van der Waals surface area contributed by atoms with Crippen molar-refractivity contribution in [1.29, 1.82) is 0 Å². The van der Waals surface area contributed by atoms with E-state index in [2.05, 4.69) is 45.4 Å². The van der Waals surface area contributed by atoms with Crippen molar-refractivity contribution in [3.63, 3.8) is 0 Å². The highest BCUT2D eigenvalue weighted by Crippen LogP contribution is 2.26. The summed E-state index contributed by atoms with van der Waals surface area (Å²) in [4.78, 5) is 0. The largest absolute Gasteiger partial charge is 0.0987 e. The lowest BCUT2D eigenvalue weighted by Crippen LogP contribution is -2.17. The first-order valence-corrected chi connectivity index (χ1v) is 4.33. The Morgan fingerprint density at radius 1 is 1.75 bits per heavy atom. The molecule has 8 heavy (non-hydrogen) atoms. The maximum absolute atomic E-state index is 3.82. The fourth-order valence-electron chi connectivity index (χ4n) is 0.114. The number of hydrogen-bond acceptors (Lipinski definition) is 0. The van der Waals surface area contributed by atoms with E-state index in [0.717, 1.165) is 10.9 Å². The van der Waals surface area contributed by atoms with E-state index in [9.17, 15) is 0 Å². The fraction of sp³-hybridized carbons (Fsp3) is 0.667. The van der Waals surface area contributed by atoms with Gasteiger partial charge in [0.1, 0.15) is 0 Å². The molecule has 0 aliphatic carbocycles. The summed E-state index contributed by atoms with van der Waals surface area (Å²) >= 11 is 6.86. The molecule has 0 spiro atoms. The number of hydrogen-bond donors (Lipinski definition) is 0. The molecule has 0 rings (SSSR count). The summed E-state index contributed by atoms with van der Waals surface area (Å²) in [6.45, 7) is 7.92. The third kappa shape index (κ3) is 2.31. The molecule has 0 radical (unpaired) electrons. The predicted octanol–water partition coefficient (Wildman–Crippen LogP) is 3.11. The lowest BCUT2D eigenvalue weighted by atomic mass is 10.1. The van der Waals surface area contributed by atoms with Gasteiger partial charge in [-0.15, -0.1) is 0 Å². The molecule has 2 heteroatoms. The van der Waals surface area contributed by atoms with Gasteiger partial charge in [-0.2, -0.15) is 0 Å². The van der Waals surface area contributed by atoms with Gasteiger partial charge in [-0.1, -0.05) is 44.0 Å². The average molecular weight is 242 g/mol. The summed E-state index contributed by atoms with van der Waals surface area (Å²) in [6.07, 6.45) is 0. The van der Waals surface area contributed by atoms with Crippen LogP contribution in [-0.4, -0.2) is 9.65 Å². The van der Waals surface area contributed by atoms with E-state index in [1.54, 1.807) is 0 Å². The second-order valence-electron chi connectivity index (χ2n) is 2.11. The second-order valence-corrected chi connectivity index (χ2v) is 4.42. The van der Waals surface area contributed by atoms with Gasteiger partial charge in [0.05, 0.1) is 4.32 Å². The maximum Gasteiger partial charge on any atom is 0.0529 e. The van der Waals surface area contributed by atoms with Crippen LogP contribution in [0.1, 0.15) is 13.8 Å². The Morgan fingerprint density at radius 2 is 2.12 bits per heavy atom. The monoisotopic (exact) mass is 240 g/mol. The Morgan fingerprint density at radius 3 is 2.12 bits per heavy atom. The van der Waals surface area contributed by atoms with Crippen molar-refractivity contribution in [1.82, 2.24) is 0 Å². The Hall–Kier alpha value is 0.700. The third-order valence-electron chi connectivity index (χ3n) is 1.14. The molecule has 0 bridgehead atoms. The molecule has 0 N–H and O–H groups in total. The van der Waals surface area contributed by atoms with Gasteiger partial charge in [0, 0.05) is 5.33 Å². The quantitative estimate of drug-likeness (QED) is 0.515. The van der Waals surface area contributed by atoms with E-state index >= 15 is 0 Å². The minimum absolute atomic E-state index is 0.0764. The topological polar surface area (TPSA) is 0 Å². The second kappa shape index (κ2) is 3.02. The van der Waals surface area contributed by atoms with Crippen LogP contribution in [0.3, 0.4) is 0 Å². The fourth-order valence-corrected chi connectivity index (χ4v) is 0.593. The van der Waals surface area contributed by atoms with Crippen molar-refractivity contribution in [2.45, 2.75) is 18.2 Å². The average Bonchev–Trinajstić information content (AvgIpc) is 1.67. The molecule has 0 aromatic carbocycles. The molecule has 0 aliphatic rings. The number of allylic oxidation sites excluding steroid dienone is 1. The Balaban J connectivity index is 3.91. The molecular weight excluding hydrogens is 232 g/mol. The smallest absolute Gasteiger partial charge is 0.0529 e. The summed E-state index contributed by atoms with van der Waals surface area (Å²) in [5.74, 6) is 0. The Labute approximate surface area is 67.6 Å². The van der Waals surface area contributed by atoms with Gasteiger partial charge < -0.3 is 0 Å². The number of halogens is 2.